The molecule has 9 nitrogen and oxygen atoms in total. The molecule has 3 N–H and O–H groups in total. The lowest BCUT2D eigenvalue weighted by atomic mass is 10.1. The Balaban J connectivity index is 1.44. The fraction of sp³-hybridized carbons (Fsp3) is 0.350. The molecule has 0 saturated heterocycles. The van der Waals surface area contributed by atoms with Crippen molar-refractivity contribution < 1.29 is 4.92 Å². The average molecular weight is 395 g/mol. The van der Waals surface area contributed by atoms with Gasteiger partial charge in [-0.1, -0.05) is 35.4 Å². The number of nitro groups is 1. The van der Waals surface area contributed by atoms with E-state index < -0.39 is 0 Å². The quantitative estimate of drug-likeness (QED) is 0.307. The Kier molecular flexibility index (Phi) is 6.72. The summed E-state index contributed by atoms with van der Waals surface area (Å²) in [6.45, 7) is 2.57. The van der Waals surface area contributed by atoms with Crippen molar-refractivity contribution >= 4 is 17.7 Å². The molecule has 0 aliphatic rings. The summed E-state index contributed by atoms with van der Waals surface area (Å²) in [5.41, 5.74) is 9.54. The Morgan fingerprint density at radius 2 is 2.14 bits per heavy atom. The van der Waals surface area contributed by atoms with Crippen molar-refractivity contribution in [3.63, 3.8) is 0 Å². The van der Waals surface area contributed by atoms with Crippen LogP contribution in [0, 0.1) is 10.1 Å². The highest BCUT2D eigenvalue weighted by atomic mass is 16.6. The monoisotopic (exact) mass is 395 g/mol. The van der Waals surface area contributed by atoms with E-state index in [2.05, 4.69) is 20.3 Å². The highest BCUT2D eigenvalue weighted by molar-refractivity contribution is 5.55. The van der Waals surface area contributed by atoms with Gasteiger partial charge in [0.2, 0.25) is 0 Å². The molecule has 29 heavy (non-hydrogen) atoms. The summed E-state index contributed by atoms with van der Waals surface area (Å²) in [6.07, 6.45) is 10.7. The third kappa shape index (κ3) is 6.27. The number of nitro benzene ring substituents is 1. The minimum absolute atomic E-state index is 0.0885. The van der Waals surface area contributed by atoms with Gasteiger partial charge in [-0.2, -0.15) is 0 Å². The van der Waals surface area contributed by atoms with Gasteiger partial charge in [-0.05, 0) is 38.2 Å². The van der Waals surface area contributed by atoms with Crippen LogP contribution in [0.2, 0.25) is 0 Å². The van der Waals surface area contributed by atoms with Crippen LogP contribution < -0.4 is 5.73 Å². The standard InChI is InChI=1S/C20H25N7O2/c1-15(10-16-6-5-9-19(11-16)27(28)29)13-26-14-18(24-25-26)8-4-2-3-7-17-12-22-20(21)23-17/h5-6,9-12,14H,2-4,7-8,13H2,1H3,(H3,21,22,23)/b15-10+. The van der Waals surface area contributed by atoms with E-state index in [4.69, 9.17) is 5.73 Å². The first-order chi connectivity index (χ1) is 14.0. The number of aromatic amines is 1. The van der Waals surface area contributed by atoms with E-state index in [1.54, 1.807) is 23.0 Å². The van der Waals surface area contributed by atoms with Gasteiger partial charge in [-0.3, -0.25) is 10.1 Å². The summed E-state index contributed by atoms with van der Waals surface area (Å²) in [5.74, 6) is 0.464. The number of nitrogen functional groups attached to an aromatic ring is 1. The summed E-state index contributed by atoms with van der Waals surface area (Å²) >= 11 is 0. The number of allylic oxidation sites excluding steroid dienone is 1. The average Bonchev–Trinajstić information content (AvgIpc) is 3.30. The van der Waals surface area contributed by atoms with Crippen molar-refractivity contribution in [3.8, 4) is 0 Å². The number of imidazole rings is 1. The maximum absolute atomic E-state index is 10.9. The number of aromatic nitrogens is 5. The molecule has 0 radical (unpaired) electrons. The number of rotatable bonds is 10. The summed E-state index contributed by atoms with van der Waals surface area (Å²) in [7, 11) is 0. The second-order valence-electron chi connectivity index (χ2n) is 7.10. The third-order valence-corrected chi connectivity index (χ3v) is 4.52. The molecule has 0 amide bonds. The maximum Gasteiger partial charge on any atom is 0.270 e. The number of nitrogens with two attached hydrogens (primary N) is 1. The molecule has 0 aliphatic carbocycles. The van der Waals surface area contributed by atoms with E-state index in [0.29, 0.717) is 12.5 Å². The van der Waals surface area contributed by atoms with Crippen LogP contribution in [-0.4, -0.2) is 29.9 Å². The number of H-pyrrole nitrogens is 1. The number of hydrogen-bond donors (Lipinski definition) is 2. The van der Waals surface area contributed by atoms with Gasteiger partial charge in [-0.15, -0.1) is 5.10 Å². The lowest BCUT2D eigenvalue weighted by Crippen LogP contribution is -2.00. The van der Waals surface area contributed by atoms with Gasteiger partial charge in [0.15, 0.2) is 5.95 Å². The molecule has 0 unspecified atom stereocenters. The van der Waals surface area contributed by atoms with Gasteiger partial charge in [0.1, 0.15) is 0 Å². The molecule has 0 bridgehead atoms. The van der Waals surface area contributed by atoms with Crippen molar-refractivity contribution in [2.24, 2.45) is 0 Å². The first-order valence-corrected chi connectivity index (χ1v) is 9.59. The Labute approximate surface area is 168 Å². The lowest BCUT2D eigenvalue weighted by molar-refractivity contribution is -0.384. The zero-order chi connectivity index (χ0) is 20.6. The Bertz CT molecular complexity index is 990. The number of benzene rings is 1. The van der Waals surface area contributed by atoms with Crippen molar-refractivity contribution in [2.75, 3.05) is 5.73 Å². The molecular weight excluding hydrogens is 370 g/mol. The van der Waals surface area contributed by atoms with Gasteiger partial charge < -0.3 is 10.7 Å². The molecule has 0 fully saturated rings. The molecule has 2 heterocycles. The fourth-order valence-electron chi connectivity index (χ4n) is 3.15. The molecule has 1 aromatic carbocycles. The minimum atomic E-state index is -0.388. The number of hydrogen-bond acceptors (Lipinski definition) is 6. The van der Waals surface area contributed by atoms with E-state index in [1.807, 2.05) is 25.3 Å². The number of nitrogens with zero attached hydrogens (tertiary/aromatic N) is 5. The molecule has 0 spiro atoms. The predicted octanol–water partition coefficient (Wildman–Crippen LogP) is 3.55. The number of nitrogens with one attached hydrogen (secondary N) is 1. The van der Waals surface area contributed by atoms with E-state index in [-0.39, 0.29) is 10.6 Å². The molecule has 152 valence electrons. The second-order valence-corrected chi connectivity index (χ2v) is 7.10. The summed E-state index contributed by atoms with van der Waals surface area (Å²) < 4.78 is 1.80. The molecule has 0 aliphatic heterocycles. The van der Waals surface area contributed by atoms with Gasteiger partial charge in [-0.25, -0.2) is 9.67 Å². The highest BCUT2D eigenvalue weighted by Gasteiger charge is 2.06. The van der Waals surface area contributed by atoms with Gasteiger partial charge in [0, 0.05) is 24.0 Å². The largest absolute Gasteiger partial charge is 0.369 e. The van der Waals surface area contributed by atoms with Crippen LogP contribution >= 0.6 is 0 Å². The first kappa shape index (κ1) is 20.2. The molecular formula is C20H25N7O2. The molecule has 9 heteroatoms. The van der Waals surface area contributed by atoms with Crippen LogP contribution in [0.15, 0.2) is 42.2 Å². The molecule has 2 aromatic heterocycles. The van der Waals surface area contributed by atoms with Crippen molar-refractivity contribution in [1.29, 1.82) is 0 Å². The SMILES string of the molecule is C/C(=C\c1cccc([N+](=O)[O-])c1)Cn1cc(CCCCCc2cnc(N)[nH]2)nn1. The Morgan fingerprint density at radius 1 is 1.31 bits per heavy atom. The molecule has 0 saturated carbocycles. The fourth-order valence-corrected chi connectivity index (χ4v) is 3.15. The zero-order valence-corrected chi connectivity index (χ0v) is 16.4. The first-order valence-electron chi connectivity index (χ1n) is 9.59. The molecule has 3 aromatic rings. The summed E-state index contributed by atoms with van der Waals surface area (Å²) in [4.78, 5) is 17.5. The van der Waals surface area contributed by atoms with E-state index in [0.717, 1.165) is 54.6 Å². The zero-order valence-electron chi connectivity index (χ0n) is 16.4. The number of non-ortho nitro benzene ring substituents is 1. The van der Waals surface area contributed by atoms with E-state index in [9.17, 15) is 10.1 Å². The second kappa shape index (κ2) is 9.63. The predicted molar refractivity (Wildman–Crippen MR) is 111 cm³/mol. The molecule has 3 rings (SSSR count). The van der Waals surface area contributed by atoms with Crippen LogP contribution in [0.25, 0.3) is 6.08 Å². The minimum Gasteiger partial charge on any atom is -0.369 e. The molecule has 0 atom stereocenters. The maximum atomic E-state index is 10.9. The van der Waals surface area contributed by atoms with Crippen LogP contribution in [0.5, 0.6) is 0 Å². The number of unbranched alkanes of at least 4 members (excludes halogenated alkanes) is 2. The third-order valence-electron chi connectivity index (χ3n) is 4.52. The van der Waals surface area contributed by atoms with E-state index >= 15 is 0 Å². The van der Waals surface area contributed by atoms with Gasteiger partial charge >= 0.3 is 0 Å². The van der Waals surface area contributed by atoms with Crippen molar-refractivity contribution in [3.05, 3.63) is 69.3 Å². The van der Waals surface area contributed by atoms with Crippen molar-refractivity contribution in [1.82, 2.24) is 25.0 Å². The Morgan fingerprint density at radius 3 is 2.90 bits per heavy atom. The smallest absolute Gasteiger partial charge is 0.270 e. The van der Waals surface area contributed by atoms with Crippen LogP contribution in [0.4, 0.5) is 11.6 Å². The number of aryl methyl sites for hydroxylation is 2. The van der Waals surface area contributed by atoms with Gasteiger partial charge in [0.25, 0.3) is 5.69 Å². The lowest BCUT2D eigenvalue weighted by Gasteiger charge is -2.02. The highest BCUT2D eigenvalue weighted by Crippen LogP contribution is 2.16. The normalized spacial score (nSPS) is 11.7. The van der Waals surface area contributed by atoms with Crippen LogP contribution in [0.3, 0.4) is 0 Å². The summed E-state index contributed by atoms with van der Waals surface area (Å²) in [5, 5.41) is 19.3. The van der Waals surface area contributed by atoms with Crippen molar-refractivity contribution in [2.45, 2.75) is 45.6 Å². The van der Waals surface area contributed by atoms with Crippen LogP contribution in [-0.2, 0) is 19.4 Å². The van der Waals surface area contributed by atoms with Gasteiger partial charge in [0.05, 0.1) is 23.4 Å². The van der Waals surface area contributed by atoms with E-state index in [1.165, 1.54) is 6.07 Å². The topological polar surface area (TPSA) is 129 Å². The Hall–Kier alpha value is -3.49. The van der Waals surface area contributed by atoms with Crippen LogP contribution in [0.1, 0.15) is 43.1 Å². The summed E-state index contributed by atoms with van der Waals surface area (Å²) in [6, 6.07) is 6.58. The number of anilines is 1.